The molecule has 4 aromatic heterocycles. The predicted octanol–water partition coefficient (Wildman–Crippen LogP) is 16.5. The zero-order chi connectivity index (χ0) is 77.5. The van der Waals surface area contributed by atoms with Gasteiger partial charge in [0.1, 0.15) is 37.9 Å². The number of unbranched alkanes of at least 4 members (excludes halogenated alkanes) is 2. The maximum absolute atomic E-state index is 14.5. The molecule has 2 amide bonds. The minimum atomic E-state index is -0.563. The van der Waals surface area contributed by atoms with Crippen molar-refractivity contribution in [2.45, 2.75) is 161 Å². The van der Waals surface area contributed by atoms with E-state index >= 15 is 0 Å². The van der Waals surface area contributed by atoms with Gasteiger partial charge in [-0.25, -0.2) is 19.6 Å². The van der Waals surface area contributed by atoms with Gasteiger partial charge in [0.2, 0.25) is 0 Å². The first-order chi connectivity index (χ1) is 51.1. The molecule has 0 unspecified atom stereocenters. The number of hydrogen-bond donors (Lipinski definition) is 2. The number of carbonyl (C=O) groups is 3. The van der Waals surface area contributed by atoms with E-state index < -0.39 is 16.9 Å². The van der Waals surface area contributed by atoms with Crippen molar-refractivity contribution < 1.29 is 47.3 Å². The number of anilines is 2. The molecule has 0 spiro atoms. The highest BCUT2D eigenvalue weighted by molar-refractivity contribution is 7.22. The molecule has 10 rings (SSSR count). The summed E-state index contributed by atoms with van der Waals surface area (Å²) in [4.78, 5) is 106. The normalized spacial score (nSPS) is 11.1. The number of fused-ring (bicyclic) bond motifs is 4. The van der Waals surface area contributed by atoms with E-state index in [1.807, 2.05) is 158 Å². The number of rotatable bonds is 30. The molecule has 10 aromatic rings. The molecular formula is C86H114N8O10S2+2. The third-order valence-electron chi connectivity index (χ3n) is 18.8. The molecule has 2 N–H and O–H groups in total. The summed E-state index contributed by atoms with van der Waals surface area (Å²) in [5, 5.41) is 2.64. The van der Waals surface area contributed by atoms with Gasteiger partial charge in [0.15, 0.2) is 0 Å². The number of nitrogens with one attached hydrogen (secondary N) is 2. The molecule has 0 aliphatic heterocycles. The van der Waals surface area contributed by atoms with E-state index in [9.17, 15) is 24.0 Å². The Hall–Kier alpha value is -9.17. The van der Waals surface area contributed by atoms with Crippen LogP contribution in [0.4, 0.5) is 11.4 Å². The summed E-state index contributed by atoms with van der Waals surface area (Å²) in [5.74, 6) is -0.454. The van der Waals surface area contributed by atoms with Crippen molar-refractivity contribution in [3.05, 3.63) is 165 Å². The van der Waals surface area contributed by atoms with Crippen molar-refractivity contribution in [3.63, 3.8) is 0 Å². The third-order valence-corrected chi connectivity index (χ3v) is 20.9. The van der Waals surface area contributed by atoms with Crippen LogP contribution >= 0.6 is 22.7 Å². The molecular weight excluding hydrogens is 1370 g/mol. The minimum Gasteiger partial charge on any atom is -0.460 e. The molecule has 568 valence electrons. The smallest absolute Gasteiger partial charge is 0.373 e. The fourth-order valence-corrected chi connectivity index (χ4v) is 14.9. The number of esters is 1. The largest absolute Gasteiger partial charge is 0.460 e. The number of carbonyl (C=O) groups excluding carboxylic acids is 5. The number of amides is 2. The zero-order valence-corrected chi connectivity index (χ0v) is 67.3. The van der Waals surface area contributed by atoms with E-state index in [4.69, 9.17) is 33.1 Å². The van der Waals surface area contributed by atoms with Gasteiger partial charge in [0.25, 0.3) is 11.8 Å². The minimum absolute atomic E-state index is 0.0210. The van der Waals surface area contributed by atoms with Crippen molar-refractivity contribution in [3.8, 4) is 43.4 Å². The van der Waals surface area contributed by atoms with Crippen LogP contribution in [0.3, 0.4) is 0 Å². The molecule has 0 saturated carbocycles. The van der Waals surface area contributed by atoms with Gasteiger partial charge in [0, 0.05) is 115 Å². The van der Waals surface area contributed by atoms with Crippen LogP contribution in [-0.2, 0) is 19.1 Å². The second kappa shape index (κ2) is 43.5. The zero-order valence-electron chi connectivity index (χ0n) is 65.6. The van der Waals surface area contributed by atoms with Crippen molar-refractivity contribution in [2.75, 3.05) is 101 Å². The fourth-order valence-electron chi connectivity index (χ4n) is 12.9. The number of ether oxygens (including phenoxy) is 1. The summed E-state index contributed by atoms with van der Waals surface area (Å²) < 4.78 is 19.5. The van der Waals surface area contributed by atoms with Crippen LogP contribution < -0.4 is 30.9 Å². The number of quaternary nitrogens is 2. The van der Waals surface area contributed by atoms with E-state index in [1.54, 1.807) is 9.80 Å². The Morgan fingerprint density at radius 2 is 0.821 bits per heavy atom. The number of thiazole rings is 2. The highest BCUT2D eigenvalue weighted by Crippen LogP contribution is 2.44. The Morgan fingerprint density at radius 3 is 1.16 bits per heavy atom. The van der Waals surface area contributed by atoms with Crippen LogP contribution in [-0.4, -0.2) is 141 Å². The Balaban J connectivity index is 0.000000274. The van der Waals surface area contributed by atoms with Gasteiger partial charge in [-0.3, -0.25) is 14.4 Å². The maximum atomic E-state index is 14.5. The Bertz CT molecular complexity index is 4500. The van der Waals surface area contributed by atoms with Gasteiger partial charge in [-0.1, -0.05) is 94.3 Å². The second-order valence-corrected chi connectivity index (χ2v) is 28.8. The van der Waals surface area contributed by atoms with Crippen molar-refractivity contribution in [1.29, 1.82) is 0 Å². The maximum Gasteiger partial charge on any atom is 0.373 e. The lowest BCUT2D eigenvalue weighted by Crippen LogP contribution is -3.11. The van der Waals surface area contributed by atoms with Crippen LogP contribution in [0.1, 0.15) is 176 Å². The van der Waals surface area contributed by atoms with Crippen LogP contribution in [0.2, 0.25) is 0 Å². The van der Waals surface area contributed by atoms with Crippen LogP contribution in [0, 0.1) is 0 Å². The van der Waals surface area contributed by atoms with Gasteiger partial charge in [-0.05, 0) is 187 Å². The average Bonchev–Trinajstić information content (AvgIpc) is 1.06. The first-order valence-corrected chi connectivity index (χ1v) is 39.9. The summed E-state index contributed by atoms with van der Waals surface area (Å²) >= 11 is 2.89. The molecule has 0 atom stereocenters. The summed E-state index contributed by atoms with van der Waals surface area (Å²) in [6.07, 6.45) is 5.51. The molecule has 106 heavy (non-hydrogen) atoms. The first kappa shape index (κ1) is 85.8. The number of para-hydroxylation sites is 2. The average molecular weight is 1480 g/mol. The highest BCUT2D eigenvalue weighted by atomic mass is 32.1. The molecule has 4 heterocycles. The number of benzene rings is 6. The summed E-state index contributed by atoms with van der Waals surface area (Å²) in [6.45, 7) is 46.8. The quantitative estimate of drug-likeness (QED) is 0.0318. The van der Waals surface area contributed by atoms with E-state index in [0.717, 1.165) is 106 Å². The molecule has 0 aliphatic rings. The summed E-state index contributed by atoms with van der Waals surface area (Å²) in [6, 6.07) is 42.7. The highest BCUT2D eigenvalue weighted by Gasteiger charge is 2.30. The lowest BCUT2D eigenvalue weighted by atomic mass is 9.92. The van der Waals surface area contributed by atoms with Gasteiger partial charge in [-0.15, -0.1) is 22.7 Å². The number of hydrogen-bond acceptors (Lipinski definition) is 16. The lowest BCUT2D eigenvalue weighted by Gasteiger charge is -2.25. The van der Waals surface area contributed by atoms with E-state index in [-0.39, 0.29) is 30.4 Å². The van der Waals surface area contributed by atoms with Gasteiger partial charge in [-0.2, -0.15) is 9.59 Å². The first-order valence-electron chi connectivity index (χ1n) is 38.2. The number of aromatic nitrogens is 2. The van der Waals surface area contributed by atoms with Gasteiger partial charge in [0.05, 0.1) is 59.7 Å². The Morgan fingerprint density at radius 1 is 0.462 bits per heavy atom. The molecule has 6 aromatic carbocycles. The summed E-state index contributed by atoms with van der Waals surface area (Å²) in [5.41, 5.74) is 7.45. The molecule has 0 saturated heterocycles. The van der Waals surface area contributed by atoms with Crippen molar-refractivity contribution in [1.82, 2.24) is 19.8 Å². The van der Waals surface area contributed by atoms with Crippen LogP contribution in [0.5, 0.6) is 0 Å². The SMILES string of the molecule is CCCCN(CCC)C(=O)c1ccccc1-c1c(-c2nc3ccccc3s2)c(=O)oc2cc(N(CC)CC)ccc12.CCCCN(CCCC(=O)OC(C)(C)C)C(=O)c1ccccc1-c1c(-c2nc3ccccc3s2)c(=O)oc2cc(N(CC)CC)ccc12.CC[NH+](CC)CC.CC[NH+](CC)CC.O=C=O. The van der Waals surface area contributed by atoms with E-state index in [0.29, 0.717) is 92.7 Å². The molecule has 18 nitrogen and oxygen atoms in total. The summed E-state index contributed by atoms with van der Waals surface area (Å²) in [7, 11) is 0. The van der Waals surface area contributed by atoms with E-state index in [2.05, 4.69) is 106 Å². The third kappa shape index (κ3) is 22.9. The van der Waals surface area contributed by atoms with Crippen LogP contribution in [0.25, 0.3) is 85.8 Å². The second-order valence-electron chi connectivity index (χ2n) is 26.7. The van der Waals surface area contributed by atoms with Crippen molar-refractivity contribution >= 4 is 100 Å². The monoisotopic (exact) mass is 1480 g/mol. The molecule has 0 bridgehead atoms. The predicted molar refractivity (Wildman–Crippen MR) is 437 cm³/mol. The van der Waals surface area contributed by atoms with Crippen molar-refractivity contribution in [2.24, 2.45) is 0 Å². The van der Waals surface area contributed by atoms with Gasteiger partial charge < -0.3 is 43.0 Å². The van der Waals surface area contributed by atoms with Gasteiger partial charge >= 0.3 is 23.4 Å². The lowest BCUT2D eigenvalue weighted by molar-refractivity contribution is -0.894. The molecule has 0 fully saturated rings. The topological polar surface area (TPSA) is 203 Å². The molecule has 0 radical (unpaired) electrons. The Kier molecular flexibility index (Phi) is 35.2. The fraction of sp³-hybridized carbons (Fsp3) is 0.442. The molecule has 0 aliphatic carbocycles. The van der Waals surface area contributed by atoms with Crippen LogP contribution in [0.15, 0.2) is 152 Å². The standard InChI is InChI=1S/C39H45N3O5S.C34H37N3O3S.2C6H15N.CO2/c1-7-10-23-42(24-15-20-33(43)47-39(4,5)6)37(44)28-17-12-11-16-27(28)34-29-22-21-26(41(8-2)9-3)25-31(29)46-38(45)35(34)36-40-30-18-13-14-19-32(30)48-36;1-5-9-21-37(20-6-2)33(38)25-15-11-10-14-24(25)30-26-19-18-23(36(7-3)8-4)22-28(26)40-34(39)31(30)32-35-27-16-12-13-17-29(27)41-32;2*1-4-7(5-2)6-3;2-1-3/h11-14,16-19,21-22,25H,7-10,15,20,23-24H2,1-6H3;10-19,22H,5-9,20-21H2,1-4H3;2*4-6H2,1-3H3;/p+2. The van der Waals surface area contributed by atoms with E-state index in [1.165, 1.54) is 61.9 Å². The Labute approximate surface area is 635 Å². The number of nitrogens with zero attached hydrogens (tertiary/aromatic N) is 6. The molecule has 20 heteroatoms.